The molecular formula is C28H42N4O2. The SMILES string of the molecule is CCC1CC2CN(Cc3c(C)c(C)c(C)c(C)c3C)CC23C(=O)N(CN2CCCCC2)C(=O)N13. The molecule has 4 heterocycles. The fourth-order valence-electron chi connectivity index (χ4n) is 7.36. The molecule has 4 aliphatic heterocycles. The molecule has 34 heavy (non-hydrogen) atoms. The van der Waals surface area contributed by atoms with Crippen LogP contribution in [0.5, 0.6) is 0 Å². The Balaban J connectivity index is 1.43. The van der Waals surface area contributed by atoms with Crippen LogP contribution in [-0.2, 0) is 11.3 Å². The zero-order valence-electron chi connectivity index (χ0n) is 22.0. The number of hydrogen-bond acceptors (Lipinski definition) is 4. The molecule has 5 rings (SSSR count). The first-order chi connectivity index (χ1) is 16.2. The molecule has 0 saturated carbocycles. The van der Waals surface area contributed by atoms with E-state index in [1.165, 1.54) is 39.8 Å². The quantitative estimate of drug-likeness (QED) is 0.608. The molecule has 1 aromatic carbocycles. The number of hydrogen-bond donors (Lipinski definition) is 0. The van der Waals surface area contributed by atoms with E-state index in [0.717, 1.165) is 51.9 Å². The van der Waals surface area contributed by atoms with Gasteiger partial charge in [0.1, 0.15) is 5.54 Å². The molecule has 6 nitrogen and oxygen atoms in total. The molecule has 3 atom stereocenters. The fourth-order valence-corrected chi connectivity index (χ4v) is 7.36. The highest BCUT2D eigenvalue weighted by molar-refractivity contribution is 6.08. The molecule has 3 amide bonds. The van der Waals surface area contributed by atoms with Gasteiger partial charge in [0.15, 0.2) is 0 Å². The highest BCUT2D eigenvalue weighted by atomic mass is 16.2. The van der Waals surface area contributed by atoms with E-state index in [9.17, 15) is 9.59 Å². The molecule has 6 heteroatoms. The van der Waals surface area contributed by atoms with E-state index in [4.69, 9.17) is 0 Å². The summed E-state index contributed by atoms with van der Waals surface area (Å²) >= 11 is 0. The number of rotatable bonds is 5. The Hall–Kier alpha value is -1.92. The van der Waals surface area contributed by atoms with Gasteiger partial charge >= 0.3 is 6.03 Å². The monoisotopic (exact) mass is 466 g/mol. The highest BCUT2D eigenvalue weighted by Gasteiger charge is 2.69. The highest BCUT2D eigenvalue weighted by Crippen LogP contribution is 2.50. The van der Waals surface area contributed by atoms with Gasteiger partial charge in [0.05, 0.1) is 6.67 Å². The Bertz CT molecular complexity index is 985. The lowest BCUT2D eigenvalue weighted by Gasteiger charge is -2.31. The molecule has 1 aromatic rings. The molecule has 0 aromatic heterocycles. The lowest BCUT2D eigenvalue weighted by atomic mass is 9.87. The van der Waals surface area contributed by atoms with Gasteiger partial charge in [0.2, 0.25) is 0 Å². The Morgan fingerprint density at radius 2 is 1.47 bits per heavy atom. The van der Waals surface area contributed by atoms with Gasteiger partial charge < -0.3 is 4.90 Å². The van der Waals surface area contributed by atoms with Crippen molar-refractivity contribution in [3.05, 3.63) is 33.4 Å². The van der Waals surface area contributed by atoms with Crippen LogP contribution in [0.2, 0.25) is 0 Å². The summed E-state index contributed by atoms with van der Waals surface area (Å²) in [6.07, 6.45) is 5.44. The van der Waals surface area contributed by atoms with Gasteiger partial charge in [0, 0.05) is 31.6 Å². The van der Waals surface area contributed by atoms with Gasteiger partial charge in [-0.2, -0.15) is 0 Å². The van der Waals surface area contributed by atoms with Crippen molar-refractivity contribution >= 4 is 11.9 Å². The van der Waals surface area contributed by atoms with Crippen LogP contribution in [0, 0.1) is 40.5 Å². The number of imide groups is 1. The normalized spacial score (nSPS) is 29.9. The summed E-state index contributed by atoms with van der Waals surface area (Å²) in [7, 11) is 0. The van der Waals surface area contributed by atoms with Gasteiger partial charge in [-0.05, 0) is 107 Å². The molecular weight excluding hydrogens is 424 g/mol. The summed E-state index contributed by atoms with van der Waals surface area (Å²) in [5, 5.41) is 0. The molecule has 0 N–H and O–H groups in total. The number of piperidine rings is 1. The predicted molar refractivity (Wildman–Crippen MR) is 135 cm³/mol. The van der Waals surface area contributed by atoms with Crippen LogP contribution in [0.15, 0.2) is 0 Å². The average Bonchev–Trinajstić information content (AvgIpc) is 3.41. The van der Waals surface area contributed by atoms with Crippen LogP contribution in [-0.4, -0.2) is 76.0 Å². The van der Waals surface area contributed by atoms with Gasteiger partial charge in [0.25, 0.3) is 5.91 Å². The summed E-state index contributed by atoms with van der Waals surface area (Å²) < 4.78 is 0. The first kappa shape index (κ1) is 23.8. The van der Waals surface area contributed by atoms with E-state index in [1.54, 1.807) is 4.90 Å². The van der Waals surface area contributed by atoms with Crippen LogP contribution >= 0.6 is 0 Å². The maximum absolute atomic E-state index is 14.0. The van der Waals surface area contributed by atoms with Gasteiger partial charge in [-0.25, -0.2) is 9.69 Å². The van der Waals surface area contributed by atoms with Crippen molar-refractivity contribution in [3.8, 4) is 0 Å². The zero-order chi connectivity index (χ0) is 24.4. The topological polar surface area (TPSA) is 47.1 Å². The van der Waals surface area contributed by atoms with Crippen LogP contribution in [0.25, 0.3) is 0 Å². The number of carbonyl (C=O) groups is 2. The number of nitrogens with zero attached hydrogens (tertiary/aromatic N) is 4. The van der Waals surface area contributed by atoms with Crippen molar-refractivity contribution in [2.45, 2.75) is 91.8 Å². The Morgan fingerprint density at radius 3 is 2.09 bits per heavy atom. The van der Waals surface area contributed by atoms with Crippen LogP contribution < -0.4 is 0 Å². The summed E-state index contributed by atoms with van der Waals surface area (Å²) in [6, 6.07) is 0.142. The second-order valence-corrected chi connectivity index (χ2v) is 11.4. The number of likely N-dealkylation sites (tertiary alicyclic amines) is 2. The van der Waals surface area contributed by atoms with E-state index >= 15 is 0 Å². The Labute approximate surface area is 205 Å². The van der Waals surface area contributed by atoms with Crippen molar-refractivity contribution in [3.63, 3.8) is 0 Å². The lowest BCUT2D eigenvalue weighted by Crippen LogP contribution is -2.53. The summed E-state index contributed by atoms with van der Waals surface area (Å²) in [4.78, 5) is 36.1. The Kier molecular flexibility index (Phi) is 6.04. The minimum absolute atomic E-state index is 0.0406. The summed E-state index contributed by atoms with van der Waals surface area (Å²) in [6.45, 7) is 18.2. The average molecular weight is 467 g/mol. The van der Waals surface area contributed by atoms with Crippen molar-refractivity contribution in [1.82, 2.24) is 19.6 Å². The van der Waals surface area contributed by atoms with E-state index in [0.29, 0.717) is 13.2 Å². The standard InChI is InChI=1S/C28H42N4O2/c1-7-24-13-23-14-30(15-25-21(5)19(3)18(2)20(4)22(25)6)16-28(23)26(33)31(27(34)32(24)28)17-29-11-9-8-10-12-29/h23-24H,7-17H2,1-6H3. The van der Waals surface area contributed by atoms with E-state index in [-0.39, 0.29) is 23.9 Å². The molecule has 0 bridgehead atoms. The number of amides is 3. The number of benzene rings is 1. The molecule has 4 saturated heterocycles. The third kappa shape index (κ3) is 3.35. The zero-order valence-corrected chi connectivity index (χ0v) is 22.0. The number of carbonyl (C=O) groups excluding carboxylic acids is 2. The molecule has 4 fully saturated rings. The Morgan fingerprint density at radius 1 is 0.853 bits per heavy atom. The first-order valence-corrected chi connectivity index (χ1v) is 13.4. The molecule has 186 valence electrons. The van der Waals surface area contributed by atoms with Crippen LogP contribution in [0.4, 0.5) is 4.79 Å². The fraction of sp³-hybridized carbons (Fsp3) is 0.714. The molecule has 4 aliphatic rings. The molecule has 0 aliphatic carbocycles. The summed E-state index contributed by atoms with van der Waals surface area (Å²) in [5.41, 5.74) is 7.63. The van der Waals surface area contributed by atoms with Crippen molar-refractivity contribution in [2.75, 3.05) is 32.8 Å². The maximum atomic E-state index is 14.0. The van der Waals surface area contributed by atoms with Gasteiger partial charge in [-0.1, -0.05) is 13.3 Å². The van der Waals surface area contributed by atoms with Crippen molar-refractivity contribution in [1.29, 1.82) is 0 Å². The molecule has 0 radical (unpaired) electrons. The van der Waals surface area contributed by atoms with Gasteiger partial charge in [-0.15, -0.1) is 0 Å². The third-order valence-corrected chi connectivity index (χ3v) is 9.82. The number of urea groups is 1. The van der Waals surface area contributed by atoms with E-state index in [1.807, 2.05) is 4.90 Å². The largest absolute Gasteiger partial charge is 0.329 e. The minimum Gasteiger partial charge on any atom is -0.305 e. The molecule has 1 spiro atoms. The summed E-state index contributed by atoms with van der Waals surface area (Å²) in [5.74, 6) is 0.296. The second-order valence-electron chi connectivity index (χ2n) is 11.4. The maximum Gasteiger partial charge on any atom is 0.329 e. The van der Waals surface area contributed by atoms with Crippen molar-refractivity contribution < 1.29 is 9.59 Å². The van der Waals surface area contributed by atoms with E-state index in [2.05, 4.69) is 51.3 Å². The predicted octanol–water partition coefficient (Wildman–Crippen LogP) is 4.29. The van der Waals surface area contributed by atoms with Crippen molar-refractivity contribution in [2.24, 2.45) is 5.92 Å². The van der Waals surface area contributed by atoms with Gasteiger partial charge in [-0.3, -0.25) is 14.6 Å². The molecule has 3 unspecified atom stereocenters. The first-order valence-electron chi connectivity index (χ1n) is 13.4. The lowest BCUT2D eigenvalue weighted by molar-refractivity contribution is -0.134. The smallest absolute Gasteiger partial charge is 0.305 e. The second kappa shape index (κ2) is 8.63. The van der Waals surface area contributed by atoms with Crippen LogP contribution in [0.1, 0.15) is 72.4 Å². The van der Waals surface area contributed by atoms with Crippen LogP contribution in [0.3, 0.4) is 0 Å². The van der Waals surface area contributed by atoms with E-state index < -0.39 is 5.54 Å². The third-order valence-electron chi connectivity index (χ3n) is 9.82. The minimum atomic E-state index is -0.663.